The van der Waals surface area contributed by atoms with Crippen LogP contribution < -0.4 is 0 Å². The Morgan fingerprint density at radius 3 is 2.92 bits per heavy atom. The first-order valence-corrected chi connectivity index (χ1v) is 4.65. The van der Waals surface area contributed by atoms with Crippen LogP contribution in [-0.4, -0.2) is 24.3 Å². The molecule has 0 radical (unpaired) electrons. The Bertz CT molecular complexity index is 318. The lowest BCUT2D eigenvalue weighted by atomic mass is 10.1. The number of benzene rings is 1. The lowest BCUT2D eigenvalue weighted by Gasteiger charge is -2.15. The fourth-order valence-corrected chi connectivity index (χ4v) is 1.54. The molecule has 2 nitrogen and oxygen atoms in total. The molecule has 1 aromatic carbocycles. The maximum atomic E-state index is 4.19. The van der Waals surface area contributed by atoms with Crippen LogP contribution in [0, 0.1) is 6.92 Å². The van der Waals surface area contributed by atoms with E-state index in [1.54, 1.807) is 0 Å². The molecule has 0 N–H and O–H groups in total. The molecule has 2 rings (SSSR count). The minimum Gasteiger partial charge on any atom is -0.357 e. The number of nitrogens with zero attached hydrogens (tertiary/aromatic N) is 2. The monoisotopic (exact) mass is 174 g/mol. The molecule has 2 heteroatoms. The van der Waals surface area contributed by atoms with Gasteiger partial charge in [0.2, 0.25) is 0 Å². The van der Waals surface area contributed by atoms with Crippen LogP contribution in [0.3, 0.4) is 0 Å². The molecule has 1 aliphatic heterocycles. The summed E-state index contributed by atoms with van der Waals surface area (Å²) >= 11 is 0. The third kappa shape index (κ3) is 1.89. The summed E-state index contributed by atoms with van der Waals surface area (Å²) in [6.07, 6.45) is 1.95. The smallest absolute Gasteiger partial charge is 0.0854 e. The lowest BCUT2D eigenvalue weighted by Crippen LogP contribution is -2.19. The second-order valence-electron chi connectivity index (χ2n) is 3.42. The van der Waals surface area contributed by atoms with Crippen molar-refractivity contribution in [3.05, 3.63) is 35.4 Å². The second-order valence-corrected chi connectivity index (χ2v) is 3.42. The molecule has 13 heavy (non-hydrogen) atoms. The van der Waals surface area contributed by atoms with Crippen LogP contribution >= 0.6 is 0 Å². The molecule has 0 atom stereocenters. The van der Waals surface area contributed by atoms with E-state index < -0.39 is 0 Å². The Morgan fingerprint density at radius 1 is 1.38 bits per heavy atom. The predicted octanol–water partition coefficient (Wildman–Crippen LogP) is 1.84. The summed E-state index contributed by atoms with van der Waals surface area (Å²) in [6.45, 7) is 5.17. The summed E-state index contributed by atoms with van der Waals surface area (Å²) < 4.78 is 0. The second kappa shape index (κ2) is 3.60. The van der Waals surface area contributed by atoms with Gasteiger partial charge in [-0.05, 0) is 18.1 Å². The zero-order valence-corrected chi connectivity index (χ0v) is 7.90. The zero-order valence-electron chi connectivity index (χ0n) is 7.90. The fraction of sp³-hybridized carbons (Fsp3) is 0.364. The summed E-state index contributed by atoms with van der Waals surface area (Å²) in [5.74, 6) is 0. The number of rotatable bonds is 2. The van der Waals surface area contributed by atoms with E-state index in [4.69, 9.17) is 0 Å². The largest absolute Gasteiger partial charge is 0.357 e. The average molecular weight is 174 g/mol. The van der Waals surface area contributed by atoms with Gasteiger partial charge in [0.15, 0.2) is 0 Å². The average Bonchev–Trinajstić information content (AvgIpc) is 2.61. The molecule has 0 saturated carbocycles. The highest BCUT2D eigenvalue weighted by Gasteiger charge is 2.06. The molecule has 1 aromatic rings. The van der Waals surface area contributed by atoms with Crippen molar-refractivity contribution in [3.8, 4) is 0 Å². The minimum absolute atomic E-state index is 0.950. The van der Waals surface area contributed by atoms with Crippen molar-refractivity contribution >= 4 is 6.34 Å². The van der Waals surface area contributed by atoms with E-state index in [-0.39, 0.29) is 0 Å². The van der Waals surface area contributed by atoms with Crippen LogP contribution in [0.2, 0.25) is 0 Å². The van der Waals surface area contributed by atoms with Crippen molar-refractivity contribution in [3.63, 3.8) is 0 Å². The van der Waals surface area contributed by atoms with E-state index in [0.717, 1.165) is 19.6 Å². The first-order chi connectivity index (χ1) is 6.36. The Morgan fingerprint density at radius 2 is 2.23 bits per heavy atom. The van der Waals surface area contributed by atoms with Gasteiger partial charge in [0.1, 0.15) is 0 Å². The molecule has 1 heterocycles. The molecule has 0 amide bonds. The maximum absolute atomic E-state index is 4.19. The van der Waals surface area contributed by atoms with Crippen molar-refractivity contribution in [2.24, 2.45) is 4.99 Å². The molecule has 0 spiro atoms. The molecule has 0 bridgehead atoms. The van der Waals surface area contributed by atoms with Gasteiger partial charge in [-0.1, -0.05) is 24.3 Å². The third-order valence-corrected chi connectivity index (χ3v) is 2.40. The predicted molar refractivity (Wildman–Crippen MR) is 54.9 cm³/mol. The maximum Gasteiger partial charge on any atom is 0.0854 e. The minimum atomic E-state index is 0.950. The van der Waals surface area contributed by atoms with E-state index >= 15 is 0 Å². The topological polar surface area (TPSA) is 15.6 Å². The highest BCUT2D eigenvalue weighted by Crippen LogP contribution is 2.10. The van der Waals surface area contributed by atoms with Gasteiger partial charge in [0, 0.05) is 13.1 Å². The molecule has 0 unspecified atom stereocenters. The highest BCUT2D eigenvalue weighted by atomic mass is 15.2. The van der Waals surface area contributed by atoms with E-state index in [2.05, 4.69) is 41.1 Å². The van der Waals surface area contributed by atoms with E-state index in [1.165, 1.54) is 11.1 Å². The molecular formula is C11H14N2. The van der Waals surface area contributed by atoms with Crippen molar-refractivity contribution in [2.45, 2.75) is 13.5 Å². The third-order valence-electron chi connectivity index (χ3n) is 2.40. The van der Waals surface area contributed by atoms with Gasteiger partial charge < -0.3 is 4.90 Å². The SMILES string of the molecule is Cc1ccccc1CN1C=NCC1. The van der Waals surface area contributed by atoms with Crippen molar-refractivity contribution < 1.29 is 0 Å². The Hall–Kier alpha value is -1.31. The highest BCUT2D eigenvalue weighted by molar-refractivity contribution is 5.57. The summed E-state index contributed by atoms with van der Waals surface area (Å²) in [4.78, 5) is 6.44. The molecule has 68 valence electrons. The van der Waals surface area contributed by atoms with Gasteiger partial charge in [0.25, 0.3) is 0 Å². The molecular weight excluding hydrogens is 160 g/mol. The number of hydrogen-bond acceptors (Lipinski definition) is 2. The number of aliphatic imine (C=N–C) groups is 1. The molecule has 0 aliphatic carbocycles. The summed E-state index contributed by atoms with van der Waals surface area (Å²) in [6, 6.07) is 8.51. The molecule has 1 aliphatic rings. The van der Waals surface area contributed by atoms with Gasteiger partial charge >= 0.3 is 0 Å². The first-order valence-electron chi connectivity index (χ1n) is 4.65. The van der Waals surface area contributed by atoms with Crippen LogP contribution in [0.15, 0.2) is 29.3 Å². The van der Waals surface area contributed by atoms with Crippen molar-refractivity contribution in [1.29, 1.82) is 0 Å². The van der Waals surface area contributed by atoms with Crippen LogP contribution in [0.5, 0.6) is 0 Å². The standard InChI is InChI=1S/C11H14N2/c1-10-4-2-3-5-11(10)8-13-7-6-12-9-13/h2-5,9H,6-8H2,1H3. The van der Waals surface area contributed by atoms with E-state index in [9.17, 15) is 0 Å². The molecule has 0 fully saturated rings. The number of hydrogen-bond donors (Lipinski definition) is 0. The van der Waals surface area contributed by atoms with Gasteiger partial charge in [-0.2, -0.15) is 0 Å². The van der Waals surface area contributed by atoms with Crippen molar-refractivity contribution in [2.75, 3.05) is 13.1 Å². The summed E-state index contributed by atoms with van der Waals surface area (Å²) in [7, 11) is 0. The summed E-state index contributed by atoms with van der Waals surface area (Å²) in [5, 5.41) is 0. The zero-order chi connectivity index (χ0) is 9.10. The van der Waals surface area contributed by atoms with Gasteiger partial charge in [-0.15, -0.1) is 0 Å². The Balaban J connectivity index is 2.09. The van der Waals surface area contributed by atoms with Gasteiger partial charge in [-0.25, -0.2) is 0 Å². The van der Waals surface area contributed by atoms with Gasteiger partial charge in [0.05, 0.1) is 12.9 Å². The molecule has 0 saturated heterocycles. The lowest BCUT2D eigenvalue weighted by molar-refractivity contribution is 0.462. The molecule has 0 aromatic heterocycles. The normalized spacial score (nSPS) is 15.3. The van der Waals surface area contributed by atoms with E-state index in [1.807, 2.05) is 6.34 Å². The van der Waals surface area contributed by atoms with Gasteiger partial charge in [-0.3, -0.25) is 4.99 Å². The van der Waals surface area contributed by atoms with Crippen LogP contribution in [0.1, 0.15) is 11.1 Å². The Labute approximate surface area is 78.9 Å². The summed E-state index contributed by atoms with van der Waals surface area (Å²) in [5.41, 5.74) is 2.76. The number of aryl methyl sites for hydroxylation is 1. The van der Waals surface area contributed by atoms with Crippen molar-refractivity contribution in [1.82, 2.24) is 4.90 Å². The van der Waals surface area contributed by atoms with Crippen LogP contribution in [-0.2, 0) is 6.54 Å². The van der Waals surface area contributed by atoms with Crippen LogP contribution in [0.25, 0.3) is 0 Å². The quantitative estimate of drug-likeness (QED) is 0.668. The van der Waals surface area contributed by atoms with E-state index in [0.29, 0.717) is 0 Å². The first kappa shape index (κ1) is 8.30. The van der Waals surface area contributed by atoms with Crippen LogP contribution in [0.4, 0.5) is 0 Å². The Kier molecular flexibility index (Phi) is 2.30. The fourth-order valence-electron chi connectivity index (χ4n) is 1.54.